The summed E-state index contributed by atoms with van der Waals surface area (Å²) in [4.78, 5) is 21.8. The molecule has 2 heterocycles. The van der Waals surface area contributed by atoms with Gasteiger partial charge in [-0.1, -0.05) is 30.3 Å². The molecule has 1 atom stereocenters. The smallest absolute Gasteiger partial charge is 0.223 e. The van der Waals surface area contributed by atoms with Crippen LogP contribution >= 0.6 is 0 Å². The number of pyridine rings is 1. The quantitative estimate of drug-likeness (QED) is 0.850. The number of fused-ring (bicyclic) bond motifs is 1. The van der Waals surface area contributed by atoms with Crippen molar-refractivity contribution in [2.75, 3.05) is 26.2 Å². The molecule has 0 bridgehead atoms. The van der Waals surface area contributed by atoms with E-state index in [4.69, 9.17) is 0 Å². The van der Waals surface area contributed by atoms with E-state index >= 15 is 0 Å². The molecule has 1 saturated heterocycles. The van der Waals surface area contributed by atoms with Crippen molar-refractivity contribution in [1.29, 1.82) is 0 Å². The molecule has 2 aliphatic rings. The molecule has 1 aromatic carbocycles. The monoisotopic (exact) mass is 349 g/mol. The fraction of sp³-hybridized carbons (Fsp3) is 0.455. The minimum atomic E-state index is 0.325. The predicted octanol–water partition coefficient (Wildman–Crippen LogP) is 3.24. The Kier molecular flexibility index (Phi) is 5.30. The summed E-state index contributed by atoms with van der Waals surface area (Å²) in [6, 6.07) is 14.7. The first-order valence-corrected chi connectivity index (χ1v) is 9.77. The highest BCUT2D eigenvalue weighted by Crippen LogP contribution is 2.35. The van der Waals surface area contributed by atoms with E-state index in [0.717, 1.165) is 57.7 Å². The normalized spacial score (nSPS) is 20.6. The van der Waals surface area contributed by atoms with Crippen LogP contribution in [-0.2, 0) is 17.8 Å². The molecule has 1 amide bonds. The summed E-state index contributed by atoms with van der Waals surface area (Å²) in [5, 5.41) is 0. The summed E-state index contributed by atoms with van der Waals surface area (Å²) in [5.74, 6) is 0.734. The Labute approximate surface area is 155 Å². The first kappa shape index (κ1) is 17.2. The molecule has 26 heavy (non-hydrogen) atoms. The number of rotatable bonds is 4. The second kappa shape index (κ2) is 8.00. The summed E-state index contributed by atoms with van der Waals surface area (Å²) in [6.07, 6.45) is 5.79. The van der Waals surface area contributed by atoms with Crippen molar-refractivity contribution in [3.05, 3.63) is 65.5 Å². The molecular formula is C22H27N3O. The zero-order chi connectivity index (χ0) is 17.8. The summed E-state index contributed by atoms with van der Waals surface area (Å²) >= 11 is 0. The molecule has 1 aromatic heterocycles. The van der Waals surface area contributed by atoms with Gasteiger partial charge in [-0.2, -0.15) is 0 Å². The number of amides is 1. The van der Waals surface area contributed by atoms with Crippen molar-refractivity contribution in [3.8, 4) is 0 Å². The Balaban J connectivity index is 1.32. The largest absolute Gasteiger partial charge is 0.341 e. The van der Waals surface area contributed by atoms with Gasteiger partial charge in [0.15, 0.2) is 0 Å². The molecule has 1 aliphatic heterocycles. The van der Waals surface area contributed by atoms with Crippen LogP contribution in [0.3, 0.4) is 0 Å². The van der Waals surface area contributed by atoms with Crippen LogP contribution in [0.5, 0.6) is 0 Å². The van der Waals surface area contributed by atoms with Crippen molar-refractivity contribution in [2.45, 2.75) is 38.1 Å². The fourth-order valence-corrected chi connectivity index (χ4v) is 4.30. The fourth-order valence-electron chi connectivity index (χ4n) is 4.30. The summed E-state index contributed by atoms with van der Waals surface area (Å²) in [7, 11) is 0. The third kappa shape index (κ3) is 3.96. The van der Waals surface area contributed by atoms with Gasteiger partial charge >= 0.3 is 0 Å². The Hall–Kier alpha value is -2.20. The average Bonchev–Trinajstić information content (AvgIpc) is 2.92. The Morgan fingerprint density at radius 2 is 1.92 bits per heavy atom. The molecule has 4 nitrogen and oxygen atoms in total. The highest BCUT2D eigenvalue weighted by atomic mass is 16.2. The Morgan fingerprint density at radius 1 is 1.04 bits per heavy atom. The highest BCUT2D eigenvalue weighted by molar-refractivity contribution is 5.77. The second-order valence-electron chi connectivity index (χ2n) is 7.47. The Bertz CT molecular complexity index is 746. The summed E-state index contributed by atoms with van der Waals surface area (Å²) < 4.78 is 0. The Morgan fingerprint density at radius 3 is 2.81 bits per heavy atom. The first-order valence-electron chi connectivity index (χ1n) is 9.77. The standard InChI is InChI=1S/C22H27N3O/c26-22(16-19-10-9-18-6-1-2-8-21(18)19)25-13-5-12-24(14-15-25)17-20-7-3-4-11-23-20/h1-4,6-8,11,19H,5,9-10,12-17H2/t19-/m1/s1. The highest BCUT2D eigenvalue weighted by Gasteiger charge is 2.27. The van der Waals surface area contributed by atoms with Crippen LogP contribution in [0.1, 0.15) is 42.0 Å². The maximum absolute atomic E-state index is 12.9. The average molecular weight is 349 g/mol. The van der Waals surface area contributed by atoms with Crippen LogP contribution in [0.2, 0.25) is 0 Å². The molecule has 1 fully saturated rings. The van der Waals surface area contributed by atoms with Crippen molar-refractivity contribution < 1.29 is 4.79 Å². The lowest BCUT2D eigenvalue weighted by Crippen LogP contribution is -2.35. The van der Waals surface area contributed by atoms with E-state index in [1.54, 1.807) is 0 Å². The van der Waals surface area contributed by atoms with Crippen molar-refractivity contribution in [3.63, 3.8) is 0 Å². The molecular weight excluding hydrogens is 322 g/mol. The van der Waals surface area contributed by atoms with Crippen LogP contribution in [0.4, 0.5) is 0 Å². The minimum Gasteiger partial charge on any atom is -0.341 e. The van der Waals surface area contributed by atoms with Crippen molar-refractivity contribution in [1.82, 2.24) is 14.8 Å². The molecule has 0 spiro atoms. The third-order valence-electron chi connectivity index (χ3n) is 5.73. The first-order chi connectivity index (χ1) is 12.8. The molecule has 4 rings (SSSR count). The van der Waals surface area contributed by atoms with Crippen LogP contribution in [0.25, 0.3) is 0 Å². The number of hydrogen-bond acceptors (Lipinski definition) is 3. The molecule has 0 radical (unpaired) electrons. The van der Waals surface area contributed by atoms with Crippen molar-refractivity contribution >= 4 is 5.91 Å². The van der Waals surface area contributed by atoms with Gasteiger partial charge in [0.2, 0.25) is 5.91 Å². The summed E-state index contributed by atoms with van der Waals surface area (Å²) in [5.41, 5.74) is 3.94. The summed E-state index contributed by atoms with van der Waals surface area (Å²) in [6.45, 7) is 4.56. The van der Waals surface area contributed by atoms with Crippen LogP contribution in [0, 0.1) is 0 Å². The van der Waals surface area contributed by atoms with Crippen LogP contribution < -0.4 is 0 Å². The SMILES string of the molecule is O=C(C[C@H]1CCc2ccccc21)N1CCCN(Cc2ccccn2)CC1. The van der Waals surface area contributed by atoms with Gasteiger partial charge in [-0.05, 0) is 48.4 Å². The molecule has 4 heteroatoms. The lowest BCUT2D eigenvalue weighted by molar-refractivity contribution is -0.131. The number of hydrogen-bond donors (Lipinski definition) is 0. The van der Waals surface area contributed by atoms with E-state index in [9.17, 15) is 4.79 Å². The number of nitrogens with zero attached hydrogens (tertiary/aromatic N) is 3. The number of benzene rings is 1. The maximum Gasteiger partial charge on any atom is 0.223 e. The van der Waals surface area contributed by atoms with Crippen molar-refractivity contribution in [2.24, 2.45) is 0 Å². The molecule has 0 unspecified atom stereocenters. The van der Waals surface area contributed by atoms with E-state index in [0.29, 0.717) is 18.2 Å². The van der Waals surface area contributed by atoms with Gasteiger partial charge in [-0.3, -0.25) is 14.7 Å². The van der Waals surface area contributed by atoms with Crippen LogP contribution in [0.15, 0.2) is 48.7 Å². The van der Waals surface area contributed by atoms with E-state index in [1.165, 1.54) is 11.1 Å². The lowest BCUT2D eigenvalue weighted by Gasteiger charge is -2.23. The lowest BCUT2D eigenvalue weighted by atomic mass is 9.97. The molecule has 0 N–H and O–H groups in total. The van der Waals surface area contributed by atoms with Gasteiger partial charge in [0.05, 0.1) is 5.69 Å². The van der Waals surface area contributed by atoms with E-state index < -0.39 is 0 Å². The topological polar surface area (TPSA) is 36.4 Å². The molecule has 2 aromatic rings. The number of carbonyl (C=O) groups is 1. The van der Waals surface area contributed by atoms with Gasteiger partial charge in [0.25, 0.3) is 0 Å². The predicted molar refractivity (Wildman–Crippen MR) is 103 cm³/mol. The van der Waals surface area contributed by atoms with Gasteiger partial charge in [0, 0.05) is 45.3 Å². The minimum absolute atomic E-state index is 0.325. The van der Waals surface area contributed by atoms with Gasteiger partial charge in [0.1, 0.15) is 0 Å². The second-order valence-corrected chi connectivity index (χ2v) is 7.47. The van der Waals surface area contributed by atoms with E-state index in [1.807, 2.05) is 18.3 Å². The molecule has 136 valence electrons. The number of aryl methyl sites for hydroxylation is 1. The van der Waals surface area contributed by atoms with Gasteiger partial charge in [-0.25, -0.2) is 0 Å². The number of aromatic nitrogens is 1. The molecule has 1 aliphatic carbocycles. The van der Waals surface area contributed by atoms with Crippen LogP contribution in [-0.4, -0.2) is 46.9 Å². The van der Waals surface area contributed by atoms with Gasteiger partial charge < -0.3 is 4.90 Å². The maximum atomic E-state index is 12.9. The van der Waals surface area contributed by atoms with E-state index in [-0.39, 0.29) is 0 Å². The number of carbonyl (C=O) groups excluding carboxylic acids is 1. The van der Waals surface area contributed by atoms with E-state index in [2.05, 4.69) is 45.1 Å². The zero-order valence-electron chi connectivity index (χ0n) is 15.3. The molecule has 0 saturated carbocycles. The van der Waals surface area contributed by atoms with Gasteiger partial charge in [-0.15, -0.1) is 0 Å². The zero-order valence-corrected chi connectivity index (χ0v) is 15.3. The third-order valence-corrected chi connectivity index (χ3v) is 5.73.